The molecule has 1 aliphatic carbocycles. The van der Waals surface area contributed by atoms with E-state index in [1.165, 1.54) is 12.8 Å². The van der Waals surface area contributed by atoms with E-state index in [1.807, 2.05) is 12.1 Å². The van der Waals surface area contributed by atoms with Crippen molar-refractivity contribution < 1.29 is 4.79 Å². The quantitative estimate of drug-likeness (QED) is 0.418. The molecule has 1 spiro atoms. The lowest BCUT2D eigenvalue weighted by molar-refractivity contribution is -0.160. The molecule has 1 atom stereocenters. The molecule has 6 heterocycles. The minimum Gasteiger partial charge on any atom is -0.383 e. The molecule has 1 amide bonds. The number of amides is 1. The molecule has 1 aromatic carbocycles. The first-order valence-electron chi connectivity index (χ1n) is 14.4. The van der Waals surface area contributed by atoms with Crippen LogP contribution in [0.1, 0.15) is 30.9 Å². The van der Waals surface area contributed by atoms with Crippen molar-refractivity contribution in [2.45, 2.75) is 25.2 Å². The summed E-state index contributed by atoms with van der Waals surface area (Å²) in [6, 6.07) is 16.6. The second-order valence-corrected chi connectivity index (χ2v) is 12.4. The van der Waals surface area contributed by atoms with Gasteiger partial charge in [0.2, 0.25) is 5.91 Å². The Hall–Kier alpha value is -3.98. The number of nitrogens with two attached hydrogens (primary N) is 1. The molecule has 1 saturated carbocycles. The zero-order valence-corrected chi connectivity index (χ0v) is 22.8. The molecule has 2 N–H and O–H groups in total. The second kappa shape index (κ2) is 8.76. The maximum Gasteiger partial charge on any atom is 0.227 e. The molecule has 1 unspecified atom stereocenters. The smallest absolute Gasteiger partial charge is 0.227 e. The van der Waals surface area contributed by atoms with Crippen LogP contribution in [0.25, 0.3) is 28.2 Å². The first-order valence-corrected chi connectivity index (χ1v) is 14.4. The van der Waals surface area contributed by atoms with E-state index in [1.54, 1.807) is 6.20 Å². The Morgan fingerprint density at radius 1 is 0.950 bits per heavy atom. The zero-order chi connectivity index (χ0) is 27.0. The van der Waals surface area contributed by atoms with Gasteiger partial charge in [-0.3, -0.25) is 9.36 Å². The molecule has 8 rings (SSSR count). The first kappa shape index (κ1) is 23.9. The standard InChI is InChI=1S/C31H34N8O/c1-36-16-31(17-36)18-38(19-31)30(40)21-12-14-37(15-21)22-6-8-23(9-7-22)39-28(24-3-2-13-33-27(24)32)35-26-11-10-25(20-4-5-20)34-29(26)39/h2-3,6-11,13,20-21H,4-5,12,14-19H2,1H3,(H2,32,33). The summed E-state index contributed by atoms with van der Waals surface area (Å²) in [4.78, 5) is 34.3. The van der Waals surface area contributed by atoms with E-state index in [0.29, 0.717) is 23.1 Å². The van der Waals surface area contributed by atoms with E-state index in [4.69, 9.17) is 15.7 Å². The summed E-state index contributed by atoms with van der Waals surface area (Å²) >= 11 is 0. The van der Waals surface area contributed by atoms with Gasteiger partial charge in [-0.15, -0.1) is 0 Å². The van der Waals surface area contributed by atoms with Crippen LogP contribution in [0.3, 0.4) is 0 Å². The Morgan fingerprint density at radius 2 is 1.73 bits per heavy atom. The summed E-state index contributed by atoms with van der Waals surface area (Å²) in [7, 11) is 2.15. The van der Waals surface area contributed by atoms with E-state index < -0.39 is 0 Å². The van der Waals surface area contributed by atoms with Crippen LogP contribution in [0.15, 0.2) is 54.7 Å². The summed E-state index contributed by atoms with van der Waals surface area (Å²) in [5, 5.41) is 0. The van der Waals surface area contributed by atoms with E-state index in [0.717, 1.165) is 85.3 Å². The molecule has 4 aliphatic rings. The number of fused-ring (bicyclic) bond motifs is 1. The highest BCUT2D eigenvalue weighted by Crippen LogP contribution is 2.41. The Balaban J connectivity index is 1.06. The summed E-state index contributed by atoms with van der Waals surface area (Å²) in [5.41, 5.74) is 12.4. The third-order valence-corrected chi connectivity index (χ3v) is 9.19. The Labute approximate surface area is 233 Å². The number of anilines is 2. The van der Waals surface area contributed by atoms with E-state index in [2.05, 4.69) is 67.7 Å². The van der Waals surface area contributed by atoms with Crippen LogP contribution in [0.2, 0.25) is 0 Å². The number of hydrogen-bond acceptors (Lipinski definition) is 7. The van der Waals surface area contributed by atoms with Crippen molar-refractivity contribution >= 4 is 28.6 Å². The van der Waals surface area contributed by atoms with Gasteiger partial charge in [-0.05, 0) is 74.8 Å². The largest absolute Gasteiger partial charge is 0.383 e. The van der Waals surface area contributed by atoms with Crippen LogP contribution >= 0.6 is 0 Å². The zero-order valence-electron chi connectivity index (χ0n) is 22.8. The van der Waals surface area contributed by atoms with Crippen molar-refractivity contribution in [3.8, 4) is 17.1 Å². The van der Waals surface area contributed by atoms with Crippen LogP contribution in [0.4, 0.5) is 11.5 Å². The molecule has 204 valence electrons. The van der Waals surface area contributed by atoms with Crippen molar-refractivity contribution in [3.63, 3.8) is 0 Å². The Bertz CT molecular complexity index is 1610. The van der Waals surface area contributed by atoms with Crippen molar-refractivity contribution in [2.24, 2.45) is 11.3 Å². The third kappa shape index (κ3) is 3.86. The predicted octanol–water partition coefficient (Wildman–Crippen LogP) is 3.54. The first-order chi connectivity index (χ1) is 19.5. The number of hydrogen-bond donors (Lipinski definition) is 1. The molecule has 3 aliphatic heterocycles. The fourth-order valence-corrected chi connectivity index (χ4v) is 7.10. The Kier molecular flexibility index (Phi) is 5.23. The molecule has 0 radical (unpaired) electrons. The lowest BCUT2D eigenvalue weighted by Crippen LogP contribution is -2.72. The molecule has 9 heteroatoms. The fourth-order valence-electron chi connectivity index (χ4n) is 7.10. The SMILES string of the molecule is CN1CC2(C1)CN(C(=O)C1CCN(c3ccc(-n4c(-c5cccnc5N)nc5ccc(C6CC6)nc54)cc3)C1)C2. The van der Waals surface area contributed by atoms with E-state index in [-0.39, 0.29) is 5.92 Å². The normalized spacial score (nSPS) is 22.1. The maximum absolute atomic E-state index is 13.2. The van der Waals surface area contributed by atoms with Crippen molar-refractivity contribution in [1.82, 2.24) is 29.3 Å². The van der Waals surface area contributed by atoms with Crippen LogP contribution in [-0.4, -0.2) is 81.5 Å². The number of rotatable bonds is 5. The molecule has 0 bridgehead atoms. The molecule has 4 fully saturated rings. The molecule has 9 nitrogen and oxygen atoms in total. The van der Waals surface area contributed by atoms with Gasteiger partial charge in [0, 0.05) is 73.9 Å². The fraction of sp³-hybridized carbons (Fsp3) is 0.419. The van der Waals surface area contributed by atoms with Gasteiger partial charge in [-0.1, -0.05) is 0 Å². The van der Waals surface area contributed by atoms with Crippen LogP contribution < -0.4 is 10.6 Å². The van der Waals surface area contributed by atoms with Crippen LogP contribution in [-0.2, 0) is 4.79 Å². The van der Waals surface area contributed by atoms with E-state index >= 15 is 0 Å². The summed E-state index contributed by atoms with van der Waals surface area (Å²) in [6.45, 7) is 5.78. The summed E-state index contributed by atoms with van der Waals surface area (Å²) in [6.07, 6.45) is 5.00. The number of carbonyl (C=O) groups excluding carboxylic acids is 1. The number of imidazole rings is 1. The molecular formula is C31H34N8O. The van der Waals surface area contributed by atoms with Gasteiger partial charge in [-0.25, -0.2) is 15.0 Å². The summed E-state index contributed by atoms with van der Waals surface area (Å²) < 4.78 is 2.10. The Morgan fingerprint density at radius 3 is 2.45 bits per heavy atom. The lowest BCUT2D eigenvalue weighted by atomic mass is 9.73. The van der Waals surface area contributed by atoms with Crippen LogP contribution in [0.5, 0.6) is 0 Å². The number of carbonyl (C=O) groups is 1. The predicted molar refractivity (Wildman–Crippen MR) is 155 cm³/mol. The van der Waals surface area contributed by atoms with Gasteiger partial charge < -0.3 is 20.4 Å². The number of nitrogens with zero attached hydrogens (tertiary/aromatic N) is 7. The number of likely N-dealkylation sites (tertiary alicyclic amines) is 2. The molecule has 40 heavy (non-hydrogen) atoms. The molecule has 4 aromatic rings. The highest BCUT2D eigenvalue weighted by atomic mass is 16.2. The van der Waals surface area contributed by atoms with Gasteiger partial charge in [0.25, 0.3) is 0 Å². The molecule has 3 aromatic heterocycles. The minimum atomic E-state index is 0.0811. The number of aromatic nitrogens is 4. The highest BCUT2D eigenvalue weighted by Gasteiger charge is 2.52. The molecular weight excluding hydrogens is 500 g/mol. The van der Waals surface area contributed by atoms with Gasteiger partial charge in [0.1, 0.15) is 11.3 Å². The third-order valence-electron chi connectivity index (χ3n) is 9.19. The number of pyridine rings is 2. The van der Waals surface area contributed by atoms with E-state index in [9.17, 15) is 4.79 Å². The van der Waals surface area contributed by atoms with Crippen molar-refractivity contribution in [3.05, 3.63) is 60.4 Å². The maximum atomic E-state index is 13.2. The topological polar surface area (TPSA) is 96.4 Å². The van der Waals surface area contributed by atoms with Gasteiger partial charge in [0.15, 0.2) is 11.5 Å². The number of nitrogen functional groups attached to an aromatic ring is 1. The molecule has 3 saturated heterocycles. The monoisotopic (exact) mass is 534 g/mol. The highest BCUT2D eigenvalue weighted by molar-refractivity contribution is 5.83. The minimum absolute atomic E-state index is 0.0811. The van der Waals surface area contributed by atoms with Crippen molar-refractivity contribution in [2.75, 3.05) is 56.9 Å². The van der Waals surface area contributed by atoms with Gasteiger partial charge in [0.05, 0.1) is 11.5 Å². The van der Waals surface area contributed by atoms with Gasteiger partial charge in [-0.2, -0.15) is 0 Å². The van der Waals surface area contributed by atoms with Gasteiger partial charge >= 0.3 is 0 Å². The number of benzene rings is 1. The van der Waals surface area contributed by atoms with Crippen LogP contribution in [0, 0.1) is 11.3 Å². The average Bonchev–Trinajstić information content (AvgIpc) is 3.54. The second-order valence-electron chi connectivity index (χ2n) is 12.4. The lowest BCUT2D eigenvalue weighted by Gasteiger charge is -2.59. The summed E-state index contributed by atoms with van der Waals surface area (Å²) in [5.74, 6) is 2.15. The van der Waals surface area contributed by atoms with Crippen molar-refractivity contribution in [1.29, 1.82) is 0 Å². The average molecular weight is 535 g/mol.